The molecule has 3 atom stereocenters. The van der Waals surface area contributed by atoms with Crippen molar-refractivity contribution in [3.63, 3.8) is 0 Å². The Labute approximate surface area is 122 Å². The summed E-state index contributed by atoms with van der Waals surface area (Å²) in [5.41, 5.74) is 4.11. The highest BCUT2D eigenvalue weighted by Gasteiger charge is 2.56. The Bertz CT molecular complexity index is 486. The topological polar surface area (TPSA) is 21.3 Å². The van der Waals surface area contributed by atoms with Gasteiger partial charge in [-0.2, -0.15) is 0 Å². The number of ether oxygens (including phenoxy) is 1. The number of hydrogen-bond donors (Lipinski definition) is 1. The van der Waals surface area contributed by atoms with Crippen LogP contribution in [-0.2, 0) is 0 Å². The number of nitrogens with one attached hydrogen (secondary N) is 1. The highest BCUT2D eigenvalue weighted by molar-refractivity contribution is 5.43. The summed E-state index contributed by atoms with van der Waals surface area (Å²) in [5.74, 6) is 3.86. The first-order valence-electron chi connectivity index (χ1n) is 8.05. The van der Waals surface area contributed by atoms with Crippen molar-refractivity contribution in [3.05, 3.63) is 28.8 Å². The van der Waals surface area contributed by atoms with Crippen LogP contribution in [0.2, 0.25) is 0 Å². The van der Waals surface area contributed by atoms with Gasteiger partial charge in [-0.15, -0.1) is 0 Å². The minimum absolute atomic E-state index is 0.542. The molecule has 0 aromatic heterocycles. The molecule has 3 unspecified atom stereocenters. The van der Waals surface area contributed by atoms with Gasteiger partial charge in [0.2, 0.25) is 0 Å². The van der Waals surface area contributed by atoms with Crippen molar-refractivity contribution in [1.29, 1.82) is 0 Å². The average Bonchev–Trinajstić information content (AvgIpc) is 2.90. The fourth-order valence-corrected chi connectivity index (χ4v) is 4.41. The predicted molar refractivity (Wildman–Crippen MR) is 83.2 cm³/mol. The van der Waals surface area contributed by atoms with Gasteiger partial charge in [-0.25, -0.2) is 0 Å². The minimum atomic E-state index is 0.542. The van der Waals surface area contributed by atoms with Gasteiger partial charge in [0.25, 0.3) is 0 Å². The third-order valence-electron chi connectivity index (χ3n) is 5.40. The monoisotopic (exact) mass is 273 g/mol. The van der Waals surface area contributed by atoms with E-state index in [0.717, 1.165) is 30.0 Å². The van der Waals surface area contributed by atoms with E-state index in [1.54, 1.807) is 7.11 Å². The Morgan fingerprint density at radius 2 is 1.90 bits per heavy atom. The van der Waals surface area contributed by atoms with Crippen molar-refractivity contribution in [3.8, 4) is 5.75 Å². The van der Waals surface area contributed by atoms with Crippen LogP contribution in [-0.4, -0.2) is 13.7 Å². The van der Waals surface area contributed by atoms with E-state index in [1.165, 1.54) is 36.0 Å². The van der Waals surface area contributed by atoms with Crippen LogP contribution in [0.1, 0.15) is 48.9 Å². The number of aryl methyl sites for hydroxylation is 2. The molecule has 1 N–H and O–H groups in total. The van der Waals surface area contributed by atoms with Crippen molar-refractivity contribution in [2.24, 2.45) is 17.8 Å². The van der Waals surface area contributed by atoms with Crippen molar-refractivity contribution in [2.45, 2.75) is 46.1 Å². The van der Waals surface area contributed by atoms with E-state index >= 15 is 0 Å². The van der Waals surface area contributed by atoms with E-state index in [0.29, 0.717) is 6.04 Å². The van der Waals surface area contributed by atoms with Gasteiger partial charge < -0.3 is 10.1 Å². The molecule has 2 heteroatoms. The van der Waals surface area contributed by atoms with Crippen molar-refractivity contribution in [2.75, 3.05) is 13.7 Å². The minimum Gasteiger partial charge on any atom is -0.496 e. The summed E-state index contributed by atoms with van der Waals surface area (Å²) in [7, 11) is 1.76. The summed E-state index contributed by atoms with van der Waals surface area (Å²) in [4.78, 5) is 0. The second-order valence-corrected chi connectivity index (χ2v) is 6.55. The van der Waals surface area contributed by atoms with Gasteiger partial charge in [-0.3, -0.25) is 0 Å². The van der Waals surface area contributed by atoms with Crippen LogP contribution in [0.5, 0.6) is 5.75 Å². The molecule has 1 aromatic carbocycles. The highest BCUT2D eigenvalue weighted by Crippen LogP contribution is 2.62. The molecule has 2 aliphatic carbocycles. The largest absolute Gasteiger partial charge is 0.496 e. The maximum Gasteiger partial charge on any atom is 0.122 e. The van der Waals surface area contributed by atoms with Crippen LogP contribution in [0.15, 0.2) is 12.1 Å². The third kappa shape index (κ3) is 2.24. The lowest BCUT2D eigenvalue weighted by Gasteiger charge is -2.23. The summed E-state index contributed by atoms with van der Waals surface area (Å²) < 4.78 is 5.45. The number of hydrogen-bond acceptors (Lipinski definition) is 2. The fourth-order valence-electron chi connectivity index (χ4n) is 4.41. The Morgan fingerprint density at radius 3 is 2.50 bits per heavy atom. The molecular weight excluding hydrogens is 246 g/mol. The molecule has 0 spiro atoms. The molecule has 2 saturated carbocycles. The molecule has 0 aliphatic heterocycles. The SMILES string of the molecule is CCNC(c1cc(C)c(OC)cc1C)C1C2CCCC21. The molecule has 2 fully saturated rings. The van der Waals surface area contributed by atoms with Gasteiger partial charge in [0.15, 0.2) is 0 Å². The van der Waals surface area contributed by atoms with Gasteiger partial charge in [0, 0.05) is 6.04 Å². The summed E-state index contributed by atoms with van der Waals surface area (Å²) in [6.07, 6.45) is 4.35. The summed E-state index contributed by atoms with van der Waals surface area (Å²) in [6.45, 7) is 7.64. The third-order valence-corrected chi connectivity index (χ3v) is 5.40. The quantitative estimate of drug-likeness (QED) is 0.875. The number of rotatable bonds is 5. The second kappa shape index (κ2) is 5.40. The first-order chi connectivity index (χ1) is 9.67. The Morgan fingerprint density at radius 1 is 1.20 bits per heavy atom. The molecule has 0 amide bonds. The normalized spacial score (nSPS) is 29.1. The lowest BCUT2D eigenvalue weighted by Crippen LogP contribution is -2.25. The Kier molecular flexibility index (Phi) is 3.76. The van der Waals surface area contributed by atoms with Gasteiger partial charge in [0.1, 0.15) is 5.75 Å². The summed E-state index contributed by atoms with van der Waals surface area (Å²) >= 11 is 0. The first kappa shape index (κ1) is 13.9. The van der Waals surface area contributed by atoms with Gasteiger partial charge >= 0.3 is 0 Å². The van der Waals surface area contributed by atoms with Gasteiger partial charge in [-0.1, -0.05) is 19.4 Å². The molecule has 0 heterocycles. The van der Waals surface area contributed by atoms with E-state index in [-0.39, 0.29) is 0 Å². The lowest BCUT2D eigenvalue weighted by atomic mass is 9.92. The fraction of sp³-hybridized carbons (Fsp3) is 0.667. The second-order valence-electron chi connectivity index (χ2n) is 6.55. The Hall–Kier alpha value is -1.02. The zero-order valence-corrected chi connectivity index (χ0v) is 13.2. The number of benzene rings is 1. The molecule has 110 valence electrons. The maximum atomic E-state index is 5.45. The van der Waals surface area contributed by atoms with Crippen molar-refractivity contribution in [1.82, 2.24) is 5.32 Å². The first-order valence-corrected chi connectivity index (χ1v) is 8.05. The van der Waals surface area contributed by atoms with Crippen LogP contribution >= 0.6 is 0 Å². The molecule has 0 radical (unpaired) electrons. The van der Waals surface area contributed by atoms with Crippen LogP contribution in [0.25, 0.3) is 0 Å². The molecule has 3 rings (SSSR count). The van der Waals surface area contributed by atoms with E-state index in [1.807, 2.05) is 0 Å². The van der Waals surface area contributed by atoms with Gasteiger partial charge in [-0.05, 0) is 73.7 Å². The van der Waals surface area contributed by atoms with Crippen LogP contribution in [0.3, 0.4) is 0 Å². The van der Waals surface area contributed by atoms with Crippen molar-refractivity contribution >= 4 is 0 Å². The van der Waals surface area contributed by atoms with Crippen molar-refractivity contribution < 1.29 is 4.74 Å². The zero-order chi connectivity index (χ0) is 14.3. The predicted octanol–water partition coefficient (Wildman–Crippen LogP) is 4.01. The smallest absolute Gasteiger partial charge is 0.122 e. The van der Waals surface area contributed by atoms with Crippen LogP contribution in [0, 0.1) is 31.6 Å². The van der Waals surface area contributed by atoms with E-state index < -0.39 is 0 Å². The number of methoxy groups -OCH3 is 1. The number of fused-ring (bicyclic) bond motifs is 1. The van der Waals surface area contributed by atoms with Crippen LogP contribution in [0.4, 0.5) is 0 Å². The van der Waals surface area contributed by atoms with E-state index in [9.17, 15) is 0 Å². The average molecular weight is 273 g/mol. The molecule has 0 saturated heterocycles. The molecule has 20 heavy (non-hydrogen) atoms. The molecular formula is C18H27NO. The summed E-state index contributed by atoms with van der Waals surface area (Å²) in [5, 5.41) is 3.75. The lowest BCUT2D eigenvalue weighted by molar-refractivity contribution is 0.406. The summed E-state index contributed by atoms with van der Waals surface area (Å²) in [6, 6.07) is 5.09. The molecule has 2 aliphatic rings. The van der Waals surface area contributed by atoms with Crippen LogP contribution < -0.4 is 10.1 Å². The molecule has 2 nitrogen and oxygen atoms in total. The van der Waals surface area contributed by atoms with E-state index in [2.05, 4.69) is 38.2 Å². The maximum absolute atomic E-state index is 5.45. The molecule has 1 aromatic rings. The highest BCUT2D eigenvalue weighted by atomic mass is 16.5. The standard InChI is InChI=1S/C18H27NO/c1-5-19-18(17-13-7-6-8-14(13)17)15-9-12(3)16(20-4)10-11(15)2/h9-10,13-14,17-19H,5-8H2,1-4H3. The van der Waals surface area contributed by atoms with E-state index in [4.69, 9.17) is 4.74 Å². The Balaban J connectivity index is 1.90. The molecule has 0 bridgehead atoms. The zero-order valence-electron chi connectivity index (χ0n) is 13.2. The van der Waals surface area contributed by atoms with Gasteiger partial charge in [0.05, 0.1) is 7.11 Å².